The Morgan fingerprint density at radius 2 is 1.89 bits per heavy atom. The standard InChI is InChI=1S/C14H22ClN3/c1-16(2)6-7-17-8-10-18(11-9-17)14-5-3-4-13(15)12-14/h3-5,12H,6-11H2,1-2H3. The van der Waals surface area contributed by atoms with Crippen molar-refractivity contribution in [2.75, 3.05) is 58.3 Å². The van der Waals surface area contributed by atoms with Crippen LogP contribution >= 0.6 is 11.6 Å². The van der Waals surface area contributed by atoms with Crippen molar-refractivity contribution in [3.63, 3.8) is 0 Å². The van der Waals surface area contributed by atoms with Crippen molar-refractivity contribution in [3.05, 3.63) is 29.3 Å². The van der Waals surface area contributed by atoms with Crippen LogP contribution in [0.2, 0.25) is 5.02 Å². The summed E-state index contributed by atoms with van der Waals surface area (Å²) in [6.45, 7) is 6.76. The Hall–Kier alpha value is -0.770. The summed E-state index contributed by atoms with van der Waals surface area (Å²) >= 11 is 6.03. The van der Waals surface area contributed by atoms with Crippen LogP contribution in [0.3, 0.4) is 0 Å². The van der Waals surface area contributed by atoms with E-state index < -0.39 is 0 Å². The summed E-state index contributed by atoms with van der Waals surface area (Å²) in [5.74, 6) is 0. The van der Waals surface area contributed by atoms with Gasteiger partial charge >= 0.3 is 0 Å². The molecule has 0 aromatic heterocycles. The molecule has 1 aromatic rings. The van der Waals surface area contributed by atoms with E-state index in [4.69, 9.17) is 11.6 Å². The van der Waals surface area contributed by atoms with Gasteiger partial charge in [0, 0.05) is 50.0 Å². The van der Waals surface area contributed by atoms with Crippen molar-refractivity contribution in [1.29, 1.82) is 0 Å². The minimum absolute atomic E-state index is 0.822. The van der Waals surface area contributed by atoms with Crippen molar-refractivity contribution >= 4 is 17.3 Å². The molecule has 0 amide bonds. The second kappa shape index (κ2) is 6.41. The van der Waals surface area contributed by atoms with Gasteiger partial charge in [0.15, 0.2) is 0 Å². The molecule has 0 bridgehead atoms. The molecule has 0 unspecified atom stereocenters. The summed E-state index contributed by atoms with van der Waals surface area (Å²) in [6, 6.07) is 8.15. The van der Waals surface area contributed by atoms with Crippen LogP contribution in [-0.4, -0.2) is 63.2 Å². The van der Waals surface area contributed by atoms with E-state index in [1.165, 1.54) is 5.69 Å². The van der Waals surface area contributed by atoms with Gasteiger partial charge in [0.1, 0.15) is 0 Å². The first-order chi connectivity index (χ1) is 8.65. The Bertz CT molecular complexity index is 373. The van der Waals surface area contributed by atoms with Crippen molar-refractivity contribution in [3.8, 4) is 0 Å². The van der Waals surface area contributed by atoms with Gasteiger partial charge in [0.05, 0.1) is 0 Å². The fourth-order valence-corrected chi connectivity index (χ4v) is 2.43. The normalized spacial score (nSPS) is 17.4. The van der Waals surface area contributed by atoms with Gasteiger partial charge in [-0.05, 0) is 32.3 Å². The van der Waals surface area contributed by atoms with E-state index in [1.807, 2.05) is 12.1 Å². The maximum Gasteiger partial charge on any atom is 0.0426 e. The minimum Gasteiger partial charge on any atom is -0.369 e. The van der Waals surface area contributed by atoms with Gasteiger partial charge in [0.25, 0.3) is 0 Å². The quantitative estimate of drug-likeness (QED) is 0.827. The second-order valence-electron chi connectivity index (χ2n) is 5.11. The van der Waals surface area contributed by atoms with Gasteiger partial charge in [-0.25, -0.2) is 0 Å². The maximum atomic E-state index is 6.03. The second-order valence-corrected chi connectivity index (χ2v) is 5.55. The van der Waals surface area contributed by atoms with E-state index in [2.05, 4.69) is 40.9 Å². The van der Waals surface area contributed by atoms with Crippen LogP contribution in [0.5, 0.6) is 0 Å². The van der Waals surface area contributed by atoms with Crippen molar-refractivity contribution < 1.29 is 0 Å². The fraction of sp³-hybridized carbons (Fsp3) is 0.571. The van der Waals surface area contributed by atoms with E-state index in [-0.39, 0.29) is 0 Å². The van der Waals surface area contributed by atoms with Crippen molar-refractivity contribution in [2.24, 2.45) is 0 Å². The van der Waals surface area contributed by atoms with Gasteiger partial charge < -0.3 is 9.80 Å². The highest BCUT2D eigenvalue weighted by Crippen LogP contribution is 2.20. The average molecular weight is 268 g/mol. The molecule has 1 saturated heterocycles. The number of piperazine rings is 1. The van der Waals surface area contributed by atoms with Gasteiger partial charge in [-0.1, -0.05) is 17.7 Å². The summed E-state index contributed by atoms with van der Waals surface area (Å²) in [5.41, 5.74) is 1.25. The summed E-state index contributed by atoms with van der Waals surface area (Å²) in [6.07, 6.45) is 0. The Morgan fingerprint density at radius 3 is 2.50 bits per heavy atom. The number of anilines is 1. The predicted octanol–water partition coefficient (Wildman–Crippen LogP) is 2.02. The van der Waals surface area contributed by atoms with Crippen LogP contribution in [0.4, 0.5) is 5.69 Å². The predicted molar refractivity (Wildman–Crippen MR) is 78.7 cm³/mol. The number of rotatable bonds is 4. The van der Waals surface area contributed by atoms with E-state index in [9.17, 15) is 0 Å². The number of hydrogen-bond acceptors (Lipinski definition) is 3. The SMILES string of the molecule is CN(C)CCN1CCN(c2cccc(Cl)c2)CC1. The van der Waals surface area contributed by atoms with Crippen LogP contribution in [-0.2, 0) is 0 Å². The van der Waals surface area contributed by atoms with Gasteiger partial charge in [-0.2, -0.15) is 0 Å². The zero-order valence-corrected chi connectivity index (χ0v) is 12.0. The number of hydrogen-bond donors (Lipinski definition) is 0. The van der Waals surface area contributed by atoms with Crippen LogP contribution < -0.4 is 4.90 Å². The lowest BCUT2D eigenvalue weighted by Crippen LogP contribution is -2.48. The summed E-state index contributed by atoms with van der Waals surface area (Å²) in [5, 5.41) is 0.822. The lowest BCUT2D eigenvalue weighted by Gasteiger charge is -2.36. The first-order valence-electron chi connectivity index (χ1n) is 6.53. The third kappa shape index (κ3) is 3.87. The van der Waals surface area contributed by atoms with Gasteiger partial charge in [-0.3, -0.25) is 4.90 Å². The Kier molecular flexibility index (Phi) is 4.87. The molecule has 1 fully saturated rings. The monoisotopic (exact) mass is 267 g/mol. The molecule has 1 aliphatic rings. The lowest BCUT2D eigenvalue weighted by molar-refractivity contribution is 0.229. The number of nitrogens with zero attached hydrogens (tertiary/aromatic N) is 3. The molecule has 0 radical (unpaired) electrons. The summed E-state index contributed by atoms with van der Waals surface area (Å²) < 4.78 is 0. The zero-order chi connectivity index (χ0) is 13.0. The Morgan fingerprint density at radius 1 is 1.17 bits per heavy atom. The highest BCUT2D eigenvalue weighted by Gasteiger charge is 2.16. The molecule has 1 aliphatic heterocycles. The average Bonchev–Trinajstić information content (AvgIpc) is 2.37. The third-order valence-corrected chi connectivity index (χ3v) is 3.64. The highest BCUT2D eigenvalue weighted by molar-refractivity contribution is 6.30. The molecule has 2 rings (SSSR count). The minimum atomic E-state index is 0.822. The van der Waals surface area contributed by atoms with E-state index in [0.29, 0.717) is 0 Å². The molecule has 1 heterocycles. The van der Waals surface area contributed by atoms with Crippen LogP contribution in [0.1, 0.15) is 0 Å². The molecular formula is C14H22ClN3. The first-order valence-corrected chi connectivity index (χ1v) is 6.90. The van der Waals surface area contributed by atoms with Gasteiger partial charge in [0.2, 0.25) is 0 Å². The lowest BCUT2D eigenvalue weighted by atomic mass is 10.2. The molecule has 0 N–H and O–H groups in total. The molecule has 0 saturated carbocycles. The maximum absolute atomic E-state index is 6.03. The molecule has 100 valence electrons. The van der Waals surface area contributed by atoms with E-state index >= 15 is 0 Å². The fourth-order valence-electron chi connectivity index (χ4n) is 2.24. The molecule has 0 aliphatic carbocycles. The largest absolute Gasteiger partial charge is 0.369 e. The van der Waals surface area contributed by atoms with Gasteiger partial charge in [-0.15, -0.1) is 0 Å². The topological polar surface area (TPSA) is 9.72 Å². The molecule has 3 nitrogen and oxygen atoms in total. The van der Waals surface area contributed by atoms with Crippen molar-refractivity contribution in [2.45, 2.75) is 0 Å². The van der Waals surface area contributed by atoms with Crippen LogP contribution in [0.15, 0.2) is 24.3 Å². The first kappa shape index (κ1) is 13.7. The van der Waals surface area contributed by atoms with Crippen LogP contribution in [0, 0.1) is 0 Å². The third-order valence-electron chi connectivity index (χ3n) is 3.41. The molecule has 0 spiro atoms. The summed E-state index contributed by atoms with van der Waals surface area (Å²) in [4.78, 5) is 7.18. The molecule has 4 heteroatoms. The molecule has 0 atom stereocenters. The van der Waals surface area contributed by atoms with E-state index in [1.54, 1.807) is 0 Å². The highest BCUT2D eigenvalue weighted by atomic mass is 35.5. The number of halogens is 1. The smallest absolute Gasteiger partial charge is 0.0426 e. The number of benzene rings is 1. The Balaban J connectivity index is 1.83. The zero-order valence-electron chi connectivity index (χ0n) is 11.3. The number of likely N-dealkylation sites (N-methyl/N-ethyl adjacent to an activating group) is 1. The summed E-state index contributed by atoms with van der Waals surface area (Å²) in [7, 11) is 4.25. The Labute approximate surface area is 115 Å². The molecule has 1 aromatic carbocycles. The van der Waals surface area contributed by atoms with E-state index in [0.717, 1.165) is 44.3 Å². The molecular weight excluding hydrogens is 246 g/mol. The molecule has 18 heavy (non-hydrogen) atoms. The van der Waals surface area contributed by atoms with Crippen LogP contribution in [0.25, 0.3) is 0 Å². The van der Waals surface area contributed by atoms with Crippen molar-refractivity contribution in [1.82, 2.24) is 9.80 Å².